The molecule has 7 nitrogen and oxygen atoms in total. The van der Waals surface area contributed by atoms with Crippen LogP contribution in [-0.4, -0.2) is 26.4 Å². The molecule has 0 spiro atoms. The van der Waals surface area contributed by atoms with Gasteiger partial charge in [0, 0.05) is 28.4 Å². The molecule has 0 atom stereocenters. The van der Waals surface area contributed by atoms with Crippen LogP contribution < -0.4 is 14.8 Å². The van der Waals surface area contributed by atoms with E-state index in [0.29, 0.717) is 22.7 Å². The van der Waals surface area contributed by atoms with Crippen molar-refractivity contribution in [3.63, 3.8) is 0 Å². The highest BCUT2D eigenvalue weighted by Crippen LogP contribution is 2.28. The first-order valence-electron chi connectivity index (χ1n) is 9.95. The minimum atomic E-state index is -3.95. The van der Waals surface area contributed by atoms with Crippen molar-refractivity contribution in [2.24, 2.45) is 0 Å². The number of carbonyl (C=O) groups excluding carboxylic acids is 1. The van der Waals surface area contributed by atoms with E-state index in [2.05, 4.69) is 15.0 Å². The lowest BCUT2D eigenvalue weighted by Gasteiger charge is -2.14. The summed E-state index contributed by atoms with van der Waals surface area (Å²) in [6.45, 7) is 1.68. The third-order valence-corrected chi connectivity index (χ3v) is 7.24. The summed E-state index contributed by atoms with van der Waals surface area (Å²) >= 11 is 1.53. The van der Waals surface area contributed by atoms with Gasteiger partial charge < -0.3 is 10.1 Å². The molecule has 3 aromatic carbocycles. The predicted molar refractivity (Wildman–Crippen MR) is 130 cm³/mol. The SMILES string of the molecule is COc1ccccc1NS(=O)(=O)c1cc(C(=O)Nc2ccc(-c3nccs3)cc2)ccc1C. The van der Waals surface area contributed by atoms with Crippen LogP contribution in [0.3, 0.4) is 0 Å². The number of aryl methyl sites for hydroxylation is 1. The van der Waals surface area contributed by atoms with Crippen molar-refractivity contribution < 1.29 is 17.9 Å². The topological polar surface area (TPSA) is 97.4 Å². The van der Waals surface area contributed by atoms with Gasteiger partial charge in [0.25, 0.3) is 15.9 Å². The number of hydrogen-bond acceptors (Lipinski definition) is 6. The summed E-state index contributed by atoms with van der Waals surface area (Å²) in [5, 5.41) is 5.60. The highest BCUT2D eigenvalue weighted by Gasteiger charge is 2.21. The van der Waals surface area contributed by atoms with Crippen molar-refractivity contribution in [2.45, 2.75) is 11.8 Å². The molecule has 1 amide bonds. The van der Waals surface area contributed by atoms with Crippen molar-refractivity contribution in [1.82, 2.24) is 4.98 Å². The molecule has 0 saturated heterocycles. The number of methoxy groups -OCH3 is 1. The van der Waals surface area contributed by atoms with E-state index >= 15 is 0 Å². The average Bonchev–Trinajstić information content (AvgIpc) is 3.35. The van der Waals surface area contributed by atoms with Gasteiger partial charge in [0.1, 0.15) is 10.8 Å². The number of carbonyl (C=O) groups is 1. The quantitative estimate of drug-likeness (QED) is 0.381. The van der Waals surface area contributed by atoms with Gasteiger partial charge in [-0.25, -0.2) is 13.4 Å². The van der Waals surface area contributed by atoms with Crippen molar-refractivity contribution in [1.29, 1.82) is 0 Å². The fourth-order valence-electron chi connectivity index (χ4n) is 3.22. The molecule has 168 valence electrons. The molecule has 4 rings (SSSR count). The molecule has 1 aromatic heterocycles. The Balaban J connectivity index is 1.55. The summed E-state index contributed by atoms with van der Waals surface area (Å²) in [5.41, 5.74) is 2.60. The van der Waals surface area contributed by atoms with E-state index < -0.39 is 15.9 Å². The van der Waals surface area contributed by atoms with E-state index in [9.17, 15) is 13.2 Å². The molecule has 0 saturated carbocycles. The monoisotopic (exact) mass is 479 g/mol. The van der Waals surface area contributed by atoms with Gasteiger partial charge in [-0.3, -0.25) is 9.52 Å². The molecule has 0 aliphatic heterocycles. The Morgan fingerprint density at radius 2 is 1.79 bits per heavy atom. The molecule has 0 unspecified atom stereocenters. The maximum absolute atomic E-state index is 13.1. The third-order valence-electron chi connectivity index (χ3n) is 4.91. The minimum absolute atomic E-state index is 0.0140. The molecule has 0 radical (unpaired) electrons. The second kappa shape index (κ2) is 9.43. The number of anilines is 2. The van der Waals surface area contributed by atoms with Crippen LogP contribution in [0, 0.1) is 6.92 Å². The van der Waals surface area contributed by atoms with Gasteiger partial charge >= 0.3 is 0 Å². The number of amides is 1. The van der Waals surface area contributed by atoms with E-state index in [1.165, 1.54) is 24.5 Å². The number of para-hydroxylation sites is 2. The highest BCUT2D eigenvalue weighted by atomic mass is 32.2. The first kappa shape index (κ1) is 22.5. The summed E-state index contributed by atoms with van der Waals surface area (Å²) in [6, 6.07) is 18.6. The van der Waals surface area contributed by atoms with Gasteiger partial charge in [-0.1, -0.05) is 18.2 Å². The Labute approximate surface area is 196 Å². The van der Waals surface area contributed by atoms with Crippen molar-refractivity contribution in [2.75, 3.05) is 17.1 Å². The molecule has 4 aromatic rings. The number of benzene rings is 3. The average molecular weight is 480 g/mol. The summed E-state index contributed by atoms with van der Waals surface area (Å²) in [7, 11) is -2.49. The number of hydrogen-bond donors (Lipinski definition) is 2. The second-order valence-electron chi connectivity index (χ2n) is 7.15. The zero-order valence-electron chi connectivity index (χ0n) is 17.9. The molecule has 0 bridgehead atoms. The Hall–Kier alpha value is -3.69. The second-order valence-corrected chi connectivity index (χ2v) is 9.70. The van der Waals surface area contributed by atoms with Crippen LogP contribution in [0.2, 0.25) is 0 Å². The van der Waals surface area contributed by atoms with Gasteiger partial charge in [0.05, 0.1) is 17.7 Å². The van der Waals surface area contributed by atoms with E-state index in [1.807, 2.05) is 17.5 Å². The Bertz CT molecular complexity index is 1380. The molecule has 0 aliphatic rings. The van der Waals surface area contributed by atoms with Gasteiger partial charge in [-0.05, 0) is 61.0 Å². The molecule has 2 N–H and O–H groups in total. The van der Waals surface area contributed by atoms with Crippen LogP contribution in [-0.2, 0) is 10.0 Å². The molecule has 0 aliphatic carbocycles. The number of ether oxygens (including phenoxy) is 1. The molecular formula is C24H21N3O4S2. The van der Waals surface area contributed by atoms with Gasteiger partial charge in [-0.15, -0.1) is 11.3 Å². The lowest BCUT2D eigenvalue weighted by molar-refractivity contribution is 0.102. The zero-order valence-corrected chi connectivity index (χ0v) is 19.5. The van der Waals surface area contributed by atoms with Gasteiger partial charge in [0.15, 0.2) is 0 Å². The Kier molecular flexibility index (Phi) is 6.43. The molecule has 9 heteroatoms. The maximum atomic E-state index is 13.1. The highest BCUT2D eigenvalue weighted by molar-refractivity contribution is 7.92. The van der Waals surface area contributed by atoms with Crippen LogP contribution in [0.15, 0.2) is 83.2 Å². The van der Waals surface area contributed by atoms with Crippen LogP contribution >= 0.6 is 11.3 Å². The normalized spacial score (nSPS) is 11.1. The number of aromatic nitrogens is 1. The first-order chi connectivity index (χ1) is 15.9. The summed E-state index contributed by atoms with van der Waals surface area (Å²) in [6.07, 6.45) is 1.74. The molecule has 0 fully saturated rings. The smallest absolute Gasteiger partial charge is 0.262 e. The summed E-state index contributed by atoms with van der Waals surface area (Å²) in [4.78, 5) is 17.1. The minimum Gasteiger partial charge on any atom is -0.495 e. The maximum Gasteiger partial charge on any atom is 0.262 e. The summed E-state index contributed by atoms with van der Waals surface area (Å²) in [5.74, 6) is -0.0143. The van der Waals surface area contributed by atoms with E-state index in [1.54, 1.807) is 61.7 Å². The lowest BCUT2D eigenvalue weighted by atomic mass is 10.1. The van der Waals surface area contributed by atoms with Gasteiger partial charge in [0.2, 0.25) is 0 Å². The third kappa shape index (κ3) is 5.05. The number of nitrogens with zero attached hydrogens (tertiary/aromatic N) is 1. The number of sulfonamides is 1. The van der Waals surface area contributed by atoms with Crippen molar-refractivity contribution in [3.8, 4) is 16.3 Å². The Morgan fingerprint density at radius 1 is 1.03 bits per heavy atom. The number of thiazole rings is 1. The molecule has 1 heterocycles. The van der Waals surface area contributed by atoms with Crippen LogP contribution in [0.4, 0.5) is 11.4 Å². The fraction of sp³-hybridized carbons (Fsp3) is 0.0833. The fourth-order valence-corrected chi connectivity index (χ4v) is 5.21. The summed E-state index contributed by atoms with van der Waals surface area (Å²) < 4.78 is 33.9. The Morgan fingerprint density at radius 3 is 2.48 bits per heavy atom. The van der Waals surface area contributed by atoms with Crippen molar-refractivity contribution in [3.05, 3.63) is 89.4 Å². The standard InChI is InChI=1S/C24H21N3O4S2/c1-16-7-8-18(15-22(16)33(29,30)27-20-5-3-4-6-21(20)31-2)23(28)26-19-11-9-17(10-12-19)24-25-13-14-32-24/h3-15,27H,1-2H3,(H,26,28). The van der Waals surface area contributed by atoms with Gasteiger partial charge in [-0.2, -0.15) is 0 Å². The number of nitrogens with one attached hydrogen (secondary N) is 2. The van der Waals surface area contributed by atoms with Crippen LogP contribution in [0.1, 0.15) is 15.9 Å². The molecule has 33 heavy (non-hydrogen) atoms. The van der Waals surface area contributed by atoms with Crippen LogP contribution in [0.5, 0.6) is 5.75 Å². The molecular weight excluding hydrogens is 458 g/mol. The van der Waals surface area contributed by atoms with Crippen molar-refractivity contribution >= 4 is 38.6 Å². The largest absolute Gasteiger partial charge is 0.495 e. The number of rotatable bonds is 7. The van der Waals surface area contributed by atoms with E-state index in [0.717, 1.165) is 10.6 Å². The van der Waals surface area contributed by atoms with E-state index in [-0.39, 0.29) is 10.5 Å². The van der Waals surface area contributed by atoms with Crippen LogP contribution in [0.25, 0.3) is 10.6 Å². The first-order valence-corrected chi connectivity index (χ1v) is 12.3. The lowest BCUT2D eigenvalue weighted by Crippen LogP contribution is -2.17. The predicted octanol–water partition coefficient (Wildman–Crippen LogP) is 5.18. The van der Waals surface area contributed by atoms with E-state index in [4.69, 9.17) is 4.74 Å². The zero-order chi connectivity index (χ0) is 23.4.